The lowest BCUT2D eigenvalue weighted by atomic mass is 9.93. The Morgan fingerprint density at radius 2 is 2.31 bits per heavy atom. The summed E-state index contributed by atoms with van der Waals surface area (Å²) in [5.74, 6) is 0.383. The molecule has 0 aromatic carbocycles. The van der Waals surface area contributed by atoms with Crippen molar-refractivity contribution >= 4 is 17.1 Å². The van der Waals surface area contributed by atoms with E-state index in [4.69, 9.17) is 0 Å². The highest BCUT2D eigenvalue weighted by Crippen LogP contribution is 2.51. The average molecular weight is 194 g/mol. The van der Waals surface area contributed by atoms with Crippen LogP contribution in [0.3, 0.4) is 0 Å². The molecule has 0 atom stereocenters. The van der Waals surface area contributed by atoms with Crippen molar-refractivity contribution < 1.29 is 4.79 Å². The lowest BCUT2D eigenvalue weighted by Crippen LogP contribution is -2.14. The van der Waals surface area contributed by atoms with Gasteiger partial charge in [0.2, 0.25) is 0 Å². The molecule has 1 saturated carbocycles. The Kier molecular flexibility index (Phi) is 2.03. The summed E-state index contributed by atoms with van der Waals surface area (Å²) in [5.41, 5.74) is 0.996. The molecule has 0 radical (unpaired) electrons. The maximum atomic E-state index is 12.0. The lowest BCUT2D eigenvalue weighted by molar-refractivity contribution is 0.0896. The molecule has 2 heteroatoms. The van der Waals surface area contributed by atoms with Gasteiger partial charge in [-0.1, -0.05) is 6.92 Å². The minimum absolute atomic E-state index is 0.0336. The molecule has 2 rings (SSSR count). The Bertz CT molecular complexity index is 334. The molecule has 1 aliphatic rings. The first-order chi connectivity index (χ1) is 6.19. The van der Waals surface area contributed by atoms with Gasteiger partial charge < -0.3 is 0 Å². The summed E-state index contributed by atoms with van der Waals surface area (Å²) in [4.78, 5) is 13.2. The zero-order valence-electron chi connectivity index (χ0n) is 8.09. The standard InChI is InChI=1S/C11H14OS/c1-3-11(5-6-11)10(12)9-4-7-13-8(9)2/h4,7H,3,5-6H2,1-2H3. The number of aryl methyl sites for hydroxylation is 1. The van der Waals surface area contributed by atoms with Gasteiger partial charge in [-0.05, 0) is 37.6 Å². The van der Waals surface area contributed by atoms with Crippen LogP contribution in [0.1, 0.15) is 41.4 Å². The number of hydrogen-bond acceptors (Lipinski definition) is 2. The number of rotatable bonds is 3. The Morgan fingerprint density at radius 3 is 2.69 bits per heavy atom. The van der Waals surface area contributed by atoms with Crippen LogP contribution in [0.25, 0.3) is 0 Å². The maximum absolute atomic E-state index is 12.0. The van der Waals surface area contributed by atoms with Crippen LogP contribution in [0.5, 0.6) is 0 Å². The van der Waals surface area contributed by atoms with E-state index in [-0.39, 0.29) is 5.41 Å². The minimum Gasteiger partial charge on any atom is -0.294 e. The second-order valence-corrected chi connectivity index (χ2v) is 4.97. The highest BCUT2D eigenvalue weighted by molar-refractivity contribution is 7.10. The number of carbonyl (C=O) groups excluding carboxylic acids is 1. The van der Waals surface area contributed by atoms with Crippen molar-refractivity contribution in [1.29, 1.82) is 0 Å². The summed E-state index contributed by atoms with van der Waals surface area (Å²) < 4.78 is 0. The van der Waals surface area contributed by atoms with Crippen LogP contribution >= 0.6 is 11.3 Å². The van der Waals surface area contributed by atoms with Crippen LogP contribution in [0, 0.1) is 12.3 Å². The average Bonchev–Trinajstić information content (AvgIpc) is 2.83. The Morgan fingerprint density at radius 1 is 1.62 bits per heavy atom. The largest absolute Gasteiger partial charge is 0.294 e. The van der Waals surface area contributed by atoms with E-state index >= 15 is 0 Å². The van der Waals surface area contributed by atoms with Crippen molar-refractivity contribution in [3.05, 3.63) is 21.9 Å². The van der Waals surface area contributed by atoms with Crippen LogP contribution < -0.4 is 0 Å². The van der Waals surface area contributed by atoms with Gasteiger partial charge in [-0.3, -0.25) is 4.79 Å². The molecule has 1 heterocycles. The number of hydrogen-bond donors (Lipinski definition) is 0. The van der Waals surface area contributed by atoms with Crippen LogP contribution in [-0.4, -0.2) is 5.78 Å². The fourth-order valence-corrected chi connectivity index (χ4v) is 2.49. The maximum Gasteiger partial charge on any atom is 0.170 e. The third-order valence-corrected chi connectivity index (χ3v) is 3.96. The van der Waals surface area contributed by atoms with Gasteiger partial charge in [0.1, 0.15) is 0 Å². The molecular weight excluding hydrogens is 180 g/mol. The molecule has 0 aliphatic heterocycles. The third-order valence-electron chi connectivity index (χ3n) is 3.12. The van der Waals surface area contributed by atoms with Crippen LogP contribution in [0.2, 0.25) is 0 Å². The summed E-state index contributed by atoms with van der Waals surface area (Å²) in [5, 5.41) is 2.01. The van der Waals surface area contributed by atoms with Crippen molar-refractivity contribution in [3.8, 4) is 0 Å². The third kappa shape index (κ3) is 1.33. The zero-order chi connectivity index (χ0) is 9.47. The molecular formula is C11H14OS. The monoisotopic (exact) mass is 194 g/mol. The normalized spacial score (nSPS) is 18.6. The van der Waals surface area contributed by atoms with Crippen molar-refractivity contribution in [2.45, 2.75) is 33.1 Å². The number of thiophene rings is 1. The molecule has 0 amide bonds. The first-order valence-corrected chi connectivity index (χ1v) is 5.66. The predicted molar refractivity (Wildman–Crippen MR) is 55.3 cm³/mol. The van der Waals surface area contributed by atoms with Crippen LogP contribution in [0.15, 0.2) is 11.4 Å². The smallest absolute Gasteiger partial charge is 0.170 e. The molecule has 1 fully saturated rings. The van der Waals surface area contributed by atoms with E-state index in [2.05, 4.69) is 6.92 Å². The van der Waals surface area contributed by atoms with E-state index in [1.165, 1.54) is 4.88 Å². The molecule has 1 aromatic rings. The van der Waals surface area contributed by atoms with Gasteiger partial charge in [0.25, 0.3) is 0 Å². The summed E-state index contributed by atoms with van der Waals surface area (Å²) >= 11 is 1.67. The van der Waals surface area contributed by atoms with Gasteiger partial charge >= 0.3 is 0 Å². The van der Waals surface area contributed by atoms with Gasteiger partial charge in [0.15, 0.2) is 5.78 Å². The van der Waals surface area contributed by atoms with Gasteiger partial charge in [0.05, 0.1) is 0 Å². The summed E-state index contributed by atoms with van der Waals surface area (Å²) in [6.07, 6.45) is 3.19. The molecule has 0 N–H and O–H groups in total. The fraction of sp³-hybridized carbons (Fsp3) is 0.545. The topological polar surface area (TPSA) is 17.1 Å². The van der Waals surface area contributed by atoms with Crippen molar-refractivity contribution in [2.75, 3.05) is 0 Å². The molecule has 0 saturated heterocycles. The summed E-state index contributed by atoms with van der Waals surface area (Å²) in [7, 11) is 0. The molecule has 1 aliphatic carbocycles. The molecule has 13 heavy (non-hydrogen) atoms. The van der Waals surface area contributed by atoms with Crippen molar-refractivity contribution in [1.82, 2.24) is 0 Å². The van der Waals surface area contributed by atoms with E-state index in [9.17, 15) is 4.79 Å². The van der Waals surface area contributed by atoms with Crippen molar-refractivity contribution in [3.63, 3.8) is 0 Å². The molecule has 0 unspecified atom stereocenters. The quantitative estimate of drug-likeness (QED) is 0.674. The van der Waals surface area contributed by atoms with Gasteiger partial charge in [-0.2, -0.15) is 0 Å². The van der Waals surface area contributed by atoms with E-state index < -0.39 is 0 Å². The first-order valence-electron chi connectivity index (χ1n) is 4.78. The Balaban J connectivity index is 2.28. The lowest BCUT2D eigenvalue weighted by Gasteiger charge is -2.09. The molecule has 1 aromatic heterocycles. The minimum atomic E-state index is 0.0336. The van der Waals surface area contributed by atoms with E-state index in [1.54, 1.807) is 11.3 Å². The second kappa shape index (κ2) is 2.95. The molecule has 0 spiro atoms. The van der Waals surface area contributed by atoms with E-state index in [1.807, 2.05) is 18.4 Å². The van der Waals surface area contributed by atoms with Crippen LogP contribution in [0.4, 0.5) is 0 Å². The fourth-order valence-electron chi connectivity index (χ4n) is 1.80. The van der Waals surface area contributed by atoms with Gasteiger partial charge in [-0.15, -0.1) is 11.3 Å². The number of Topliss-reactive ketones (excluding diaryl/α,β-unsaturated/α-hetero) is 1. The highest BCUT2D eigenvalue weighted by atomic mass is 32.1. The molecule has 70 valence electrons. The zero-order valence-corrected chi connectivity index (χ0v) is 8.91. The number of carbonyl (C=O) groups is 1. The van der Waals surface area contributed by atoms with Gasteiger partial charge in [-0.25, -0.2) is 0 Å². The van der Waals surface area contributed by atoms with Crippen molar-refractivity contribution in [2.24, 2.45) is 5.41 Å². The first kappa shape index (κ1) is 8.95. The Labute approximate surface area is 82.8 Å². The van der Waals surface area contributed by atoms with E-state index in [0.29, 0.717) is 5.78 Å². The van der Waals surface area contributed by atoms with Gasteiger partial charge in [0, 0.05) is 15.9 Å². The van der Waals surface area contributed by atoms with Crippen LogP contribution in [-0.2, 0) is 0 Å². The SMILES string of the molecule is CCC1(C(=O)c2ccsc2C)CC1. The second-order valence-electron chi connectivity index (χ2n) is 3.85. The van der Waals surface area contributed by atoms with E-state index in [0.717, 1.165) is 24.8 Å². The summed E-state index contributed by atoms with van der Waals surface area (Å²) in [6, 6.07) is 1.97. The highest BCUT2D eigenvalue weighted by Gasteiger charge is 2.48. The number of ketones is 1. The molecule has 1 nitrogen and oxygen atoms in total. The summed E-state index contributed by atoms with van der Waals surface area (Å²) in [6.45, 7) is 4.15. The predicted octanol–water partition coefficient (Wildman–Crippen LogP) is 3.43. The Hall–Kier alpha value is -0.630. The molecule has 0 bridgehead atoms.